The van der Waals surface area contributed by atoms with Gasteiger partial charge in [-0.3, -0.25) is 0 Å². The van der Waals surface area contributed by atoms with Gasteiger partial charge in [-0.2, -0.15) is 0 Å². The van der Waals surface area contributed by atoms with Crippen molar-refractivity contribution < 1.29 is 4.74 Å². The Morgan fingerprint density at radius 1 is 1.28 bits per heavy atom. The summed E-state index contributed by atoms with van der Waals surface area (Å²) >= 11 is 1.73. The van der Waals surface area contributed by atoms with Crippen molar-refractivity contribution in [2.75, 3.05) is 12.8 Å². The molecule has 1 atom stereocenters. The number of benzene rings is 1. The third kappa shape index (κ3) is 5.32. The Hall–Kier alpha value is -0.670. The van der Waals surface area contributed by atoms with Crippen LogP contribution in [0.15, 0.2) is 29.2 Å². The topological polar surface area (TPSA) is 21.3 Å². The maximum Gasteiger partial charge on any atom is 0.133 e. The highest BCUT2D eigenvalue weighted by atomic mass is 32.2. The molecule has 0 aliphatic heterocycles. The highest BCUT2D eigenvalue weighted by Gasteiger charge is 2.12. The minimum Gasteiger partial charge on any atom is -0.488 e. The van der Waals surface area contributed by atoms with Crippen molar-refractivity contribution in [1.82, 2.24) is 5.32 Å². The van der Waals surface area contributed by atoms with E-state index in [4.69, 9.17) is 4.74 Å². The van der Waals surface area contributed by atoms with Crippen LogP contribution in [0.3, 0.4) is 0 Å². The Bertz CT molecular complexity index is 341. The predicted molar refractivity (Wildman–Crippen MR) is 80.7 cm³/mol. The van der Waals surface area contributed by atoms with Crippen LogP contribution < -0.4 is 10.1 Å². The second-order valence-corrected chi connectivity index (χ2v) is 5.59. The molecule has 2 nitrogen and oxygen atoms in total. The monoisotopic (exact) mass is 267 g/mol. The molecule has 0 aliphatic carbocycles. The summed E-state index contributed by atoms with van der Waals surface area (Å²) in [6, 6.07) is 8.76. The van der Waals surface area contributed by atoms with Gasteiger partial charge < -0.3 is 10.1 Å². The fourth-order valence-electron chi connectivity index (χ4n) is 1.79. The van der Waals surface area contributed by atoms with E-state index in [-0.39, 0.29) is 6.10 Å². The van der Waals surface area contributed by atoms with Crippen LogP contribution in [0.5, 0.6) is 5.75 Å². The Morgan fingerprint density at radius 3 is 2.61 bits per heavy atom. The van der Waals surface area contributed by atoms with Gasteiger partial charge in [-0.05, 0) is 24.8 Å². The molecule has 0 bridgehead atoms. The molecule has 0 fully saturated rings. The SMILES string of the molecule is CCCC(CNC(C)C)Oc1ccccc1SC. The molecule has 0 aromatic heterocycles. The first-order chi connectivity index (χ1) is 8.67. The number of rotatable bonds is 8. The van der Waals surface area contributed by atoms with Gasteiger partial charge in [0.05, 0.1) is 0 Å². The lowest BCUT2D eigenvalue weighted by Crippen LogP contribution is -2.35. The van der Waals surface area contributed by atoms with E-state index < -0.39 is 0 Å². The van der Waals surface area contributed by atoms with E-state index in [0.29, 0.717) is 6.04 Å². The summed E-state index contributed by atoms with van der Waals surface area (Å²) in [7, 11) is 0. The van der Waals surface area contributed by atoms with Crippen LogP contribution in [-0.2, 0) is 0 Å². The Labute approximate surface area is 116 Å². The maximum absolute atomic E-state index is 6.14. The summed E-state index contributed by atoms with van der Waals surface area (Å²) in [6.45, 7) is 7.44. The number of thioether (sulfide) groups is 1. The fourth-order valence-corrected chi connectivity index (χ4v) is 2.32. The molecule has 0 radical (unpaired) electrons. The minimum atomic E-state index is 0.255. The van der Waals surface area contributed by atoms with Gasteiger partial charge in [-0.25, -0.2) is 0 Å². The van der Waals surface area contributed by atoms with E-state index in [1.54, 1.807) is 11.8 Å². The predicted octanol–water partition coefficient (Wildman–Crippen LogP) is 3.95. The lowest BCUT2D eigenvalue weighted by Gasteiger charge is -2.21. The molecule has 0 saturated carbocycles. The summed E-state index contributed by atoms with van der Waals surface area (Å²) in [5.41, 5.74) is 0. The number of hydrogen-bond acceptors (Lipinski definition) is 3. The van der Waals surface area contributed by atoms with E-state index in [1.807, 2.05) is 6.07 Å². The average Bonchev–Trinajstić information content (AvgIpc) is 2.37. The second-order valence-electron chi connectivity index (χ2n) is 4.74. The summed E-state index contributed by atoms with van der Waals surface area (Å²) in [5, 5.41) is 3.46. The highest BCUT2D eigenvalue weighted by molar-refractivity contribution is 7.98. The van der Waals surface area contributed by atoms with Crippen LogP contribution in [0.4, 0.5) is 0 Å². The lowest BCUT2D eigenvalue weighted by molar-refractivity contribution is 0.179. The first-order valence-electron chi connectivity index (χ1n) is 6.70. The molecule has 3 heteroatoms. The summed E-state index contributed by atoms with van der Waals surface area (Å²) < 4.78 is 6.14. The molecule has 1 N–H and O–H groups in total. The Kier molecular flexibility index (Phi) is 7.21. The van der Waals surface area contributed by atoms with Crippen molar-refractivity contribution in [3.05, 3.63) is 24.3 Å². The second kappa shape index (κ2) is 8.44. The molecule has 0 heterocycles. The molecule has 18 heavy (non-hydrogen) atoms. The molecule has 102 valence electrons. The van der Waals surface area contributed by atoms with Gasteiger partial charge in [-0.1, -0.05) is 39.3 Å². The normalized spacial score (nSPS) is 12.7. The smallest absolute Gasteiger partial charge is 0.133 e. The highest BCUT2D eigenvalue weighted by Crippen LogP contribution is 2.28. The van der Waals surface area contributed by atoms with E-state index in [0.717, 1.165) is 25.1 Å². The van der Waals surface area contributed by atoms with E-state index in [9.17, 15) is 0 Å². The largest absolute Gasteiger partial charge is 0.488 e. The van der Waals surface area contributed by atoms with Gasteiger partial charge in [0.25, 0.3) is 0 Å². The number of hydrogen-bond donors (Lipinski definition) is 1. The van der Waals surface area contributed by atoms with Crippen molar-refractivity contribution in [2.45, 2.75) is 50.7 Å². The summed E-state index contributed by atoms with van der Waals surface area (Å²) in [6.07, 6.45) is 4.57. The van der Waals surface area contributed by atoms with Crippen LogP contribution in [0.2, 0.25) is 0 Å². The third-order valence-corrected chi connectivity index (χ3v) is 3.50. The van der Waals surface area contributed by atoms with E-state index >= 15 is 0 Å². The van der Waals surface area contributed by atoms with E-state index in [2.05, 4.69) is 50.5 Å². The first-order valence-corrected chi connectivity index (χ1v) is 7.92. The molecule has 0 saturated heterocycles. The molecule has 0 amide bonds. The van der Waals surface area contributed by atoms with Crippen LogP contribution in [0.25, 0.3) is 0 Å². The van der Waals surface area contributed by atoms with Gasteiger partial charge in [0.1, 0.15) is 11.9 Å². The summed E-state index contributed by atoms with van der Waals surface area (Å²) in [5.74, 6) is 1.01. The molecular formula is C15H25NOS. The zero-order valence-corrected chi connectivity index (χ0v) is 12.7. The van der Waals surface area contributed by atoms with Gasteiger partial charge in [0.2, 0.25) is 0 Å². The molecule has 1 unspecified atom stereocenters. The minimum absolute atomic E-state index is 0.255. The lowest BCUT2D eigenvalue weighted by atomic mass is 10.2. The molecule has 0 spiro atoms. The van der Waals surface area contributed by atoms with Gasteiger partial charge in [0.15, 0.2) is 0 Å². The number of para-hydroxylation sites is 1. The quantitative estimate of drug-likeness (QED) is 0.721. The molecule has 1 aromatic carbocycles. The number of ether oxygens (including phenoxy) is 1. The van der Waals surface area contributed by atoms with E-state index in [1.165, 1.54) is 4.90 Å². The van der Waals surface area contributed by atoms with Gasteiger partial charge >= 0.3 is 0 Å². The molecule has 0 aliphatic rings. The third-order valence-electron chi connectivity index (χ3n) is 2.73. The van der Waals surface area contributed by atoms with Crippen molar-refractivity contribution in [1.29, 1.82) is 0 Å². The van der Waals surface area contributed by atoms with Crippen molar-refractivity contribution in [2.24, 2.45) is 0 Å². The van der Waals surface area contributed by atoms with Crippen LogP contribution in [0.1, 0.15) is 33.6 Å². The average molecular weight is 267 g/mol. The zero-order valence-electron chi connectivity index (χ0n) is 11.9. The zero-order chi connectivity index (χ0) is 13.4. The Morgan fingerprint density at radius 2 is 2.00 bits per heavy atom. The van der Waals surface area contributed by atoms with Crippen molar-refractivity contribution in [3.63, 3.8) is 0 Å². The van der Waals surface area contributed by atoms with Crippen LogP contribution in [-0.4, -0.2) is 24.9 Å². The van der Waals surface area contributed by atoms with Gasteiger partial charge in [-0.15, -0.1) is 11.8 Å². The molecular weight excluding hydrogens is 242 g/mol. The standard InChI is InChI=1S/C15H25NOS/c1-5-8-13(11-16-12(2)3)17-14-9-6-7-10-15(14)18-4/h6-7,9-10,12-13,16H,5,8,11H2,1-4H3. The van der Waals surface area contributed by atoms with Crippen LogP contribution in [0, 0.1) is 0 Å². The van der Waals surface area contributed by atoms with Gasteiger partial charge in [0, 0.05) is 17.5 Å². The fraction of sp³-hybridized carbons (Fsp3) is 0.600. The van der Waals surface area contributed by atoms with Crippen LogP contribution >= 0.6 is 11.8 Å². The maximum atomic E-state index is 6.14. The Balaban J connectivity index is 2.63. The first kappa shape index (κ1) is 15.4. The molecule has 1 rings (SSSR count). The molecule has 1 aromatic rings. The summed E-state index contributed by atoms with van der Waals surface area (Å²) in [4.78, 5) is 1.21. The van der Waals surface area contributed by atoms with Crippen molar-refractivity contribution in [3.8, 4) is 5.75 Å². The number of nitrogens with one attached hydrogen (secondary N) is 1. The van der Waals surface area contributed by atoms with Crippen molar-refractivity contribution >= 4 is 11.8 Å².